The number of aromatic carboxylic acids is 1. The first-order chi connectivity index (χ1) is 8.66. The molecule has 0 saturated heterocycles. The Morgan fingerprint density at radius 3 is 2.50 bits per heavy atom. The Labute approximate surface area is 111 Å². The van der Waals surface area contributed by atoms with E-state index in [-0.39, 0.29) is 0 Å². The van der Waals surface area contributed by atoms with E-state index in [0.29, 0.717) is 5.56 Å². The lowest BCUT2D eigenvalue weighted by molar-refractivity contribution is 0.0696. The molecule has 92 valence electrons. The van der Waals surface area contributed by atoms with Crippen LogP contribution in [-0.2, 0) is 5.75 Å². The van der Waals surface area contributed by atoms with Crippen LogP contribution in [0.3, 0.4) is 0 Å². The summed E-state index contributed by atoms with van der Waals surface area (Å²) in [4.78, 5) is 12.0. The van der Waals surface area contributed by atoms with Gasteiger partial charge in [0.25, 0.3) is 0 Å². The number of aryl methyl sites for hydroxylation is 1. The molecule has 0 spiro atoms. The highest BCUT2D eigenvalue weighted by Gasteiger charge is 2.06. The van der Waals surface area contributed by atoms with Gasteiger partial charge < -0.3 is 5.11 Å². The Hall–Kier alpha value is -1.74. The van der Waals surface area contributed by atoms with Gasteiger partial charge in [-0.1, -0.05) is 30.3 Å². The molecule has 0 radical (unpaired) electrons. The van der Waals surface area contributed by atoms with Crippen molar-refractivity contribution in [1.29, 1.82) is 0 Å². The van der Waals surface area contributed by atoms with E-state index in [1.807, 2.05) is 31.2 Å². The standard InChI is InChI=1S/C15H14O2S/c1-11-9-13(15(16)17)7-8-14(11)18-10-12-5-3-2-4-6-12/h2-9H,10H2,1H3,(H,16,17). The smallest absolute Gasteiger partial charge is 0.335 e. The third-order valence-electron chi connectivity index (χ3n) is 2.66. The van der Waals surface area contributed by atoms with E-state index in [9.17, 15) is 4.79 Å². The Morgan fingerprint density at radius 2 is 1.89 bits per heavy atom. The molecule has 0 aliphatic rings. The van der Waals surface area contributed by atoms with Crippen molar-refractivity contribution >= 4 is 17.7 Å². The Bertz CT molecular complexity index is 550. The predicted molar refractivity (Wildman–Crippen MR) is 74.1 cm³/mol. The molecule has 0 fully saturated rings. The molecule has 18 heavy (non-hydrogen) atoms. The van der Waals surface area contributed by atoms with E-state index in [0.717, 1.165) is 16.2 Å². The number of benzene rings is 2. The van der Waals surface area contributed by atoms with Crippen LogP contribution < -0.4 is 0 Å². The topological polar surface area (TPSA) is 37.3 Å². The predicted octanol–water partition coefficient (Wildman–Crippen LogP) is 3.99. The molecule has 0 aromatic heterocycles. The summed E-state index contributed by atoms with van der Waals surface area (Å²) in [6.07, 6.45) is 0. The first-order valence-electron chi connectivity index (χ1n) is 5.67. The summed E-state index contributed by atoms with van der Waals surface area (Å²) in [5, 5.41) is 8.90. The molecule has 3 heteroatoms. The molecule has 0 heterocycles. The fraction of sp³-hybridized carbons (Fsp3) is 0.133. The largest absolute Gasteiger partial charge is 0.478 e. The van der Waals surface area contributed by atoms with Gasteiger partial charge in [0.1, 0.15) is 0 Å². The van der Waals surface area contributed by atoms with Crippen LogP contribution >= 0.6 is 11.8 Å². The minimum absolute atomic E-state index is 0.344. The van der Waals surface area contributed by atoms with Crippen molar-refractivity contribution < 1.29 is 9.90 Å². The van der Waals surface area contributed by atoms with E-state index in [4.69, 9.17) is 5.11 Å². The Kier molecular flexibility index (Phi) is 4.05. The minimum Gasteiger partial charge on any atom is -0.478 e. The Balaban J connectivity index is 2.08. The summed E-state index contributed by atoms with van der Waals surface area (Å²) in [6, 6.07) is 15.5. The summed E-state index contributed by atoms with van der Waals surface area (Å²) in [5.74, 6) is 0.0198. The number of carboxylic acid groups (broad SMARTS) is 1. The monoisotopic (exact) mass is 258 g/mol. The van der Waals surface area contributed by atoms with E-state index in [1.165, 1.54) is 5.56 Å². The van der Waals surface area contributed by atoms with Crippen molar-refractivity contribution in [2.75, 3.05) is 0 Å². The second-order valence-electron chi connectivity index (χ2n) is 4.06. The first-order valence-corrected chi connectivity index (χ1v) is 6.66. The summed E-state index contributed by atoms with van der Waals surface area (Å²) in [6.45, 7) is 1.94. The van der Waals surface area contributed by atoms with Crippen LogP contribution in [0.4, 0.5) is 0 Å². The van der Waals surface area contributed by atoms with Crippen molar-refractivity contribution in [1.82, 2.24) is 0 Å². The lowest BCUT2D eigenvalue weighted by Gasteiger charge is -2.06. The molecule has 0 aliphatic carbocycles. The van der Waals surface area contributed by atoms with E-state index in [2.05, 4.69) is 12.1 Å². The van der Waals surface area contributed by atoms with Crippen molar-refractivity contribution in [3.05, 3.63) is 65.2 Å². The molecule has 0 aliphatic heterocycles. The van der Waals surface area contributed by atoms with Crippen LogP contribution in [0.2, 0.25) is 0 Å². The highest BCUT2D eigenvalue weighted by atomic mass is 32.2. The van der Waals surface area contributed by atoms with Crippen molar-refractivity contribution in [2.24, 2.45) is 0 Å². The molecule has 0 atom stereocenters. The molecule has 2 aromatic carbocycles. The van der Waals surface area contributed by atoms with Gasteiger partial charge in [0.05, 0.1) is 5.56 Å². The maximum absolute atomic E-state index is 10.8. The molecule has 0 bridgehead atoms. The van der Waals surface area contributed by atoms with Gasteiger partial charge >= 0.3 is 5.97 Å². The maximum Gasteiger partial charge on any atom is 0.335 e. The second-order valence-corrected chi connectivity index (χ2v) is 5.08. The molecule has 0 saturated carbocycles. The lowest BCUT2D eigenvalue weighted by atomic mass is 10.1. The SMILES string of the molecule is Cc1cc(C(=O)O)ccc1SCc1ccccc1. The van der Waals surface area contributed by atoms with E-state index in [1.54, 1.807) is 23.9 Å². The molecular formula is C15H14O2S. The number of rotatable bonds is 4. The van der Waals surface area contributed by atoms with Gasteiger partial charge in [0.15, 0.2) is 0 Å². The molecular weight excluding hydrogens is 244 g/mol. The summed E-state index contributed by atoms with van der Waals surface area (Å²) in [7, 11) is 0. The summed E-state index contributed by atoms with van der Waals surface area (Å²) in [5.41, 5.74) is 2.62. The zero-order chi connectivity index (χ0) is 13.0. The molecule has 0 unspecified atom stereocenters. The highest BCUT2D eigenvalue weighted by molar-refractivity contribution is 7.98. The molecule has 2 aromatic rings. The zero-order valence-corrected chi connectivity index (χ0v) is 10.9. The van der Waals surface area contributed by atoms with Gasteiger partial charge in [0, 0.05) is 10.6 Å². The third-order valence-corrected chi connectivity index (χ3v) is 3.91. The van der Waals surface area contributed by atoms with Gasteiger partial charge in [-0.3, -0.25) is 0 Å². The highest BCUT2D eigenvalue weighted by Crippen LogP contribution is 2.26. The fourth-order valence-corrected chi connectivity index (χ4v) is 2.65. The van der Waals surface area contributed by atoms with Crippen LogP contribution in [0.1, 0.15) is 21.5 Å². The van der Waals surface area contributed by atoms with Crippen LogP contribution in [0.15, 0.2) is 53.4 Å². The minimum atomic E-state index is -0.877. The quantitative estimate of drug-likeness (QED) is 0.843. The van der Waals surface area contributed by atoms with Gasteiger partial charge in [-0.15, -0.1) is 11.8 Å². The van der Waals surface area contributed by atoms with Crippen LogP contribution in [-0.4, -0.2) is 11.1 Å². The fourth-order valence-electron chi connectivity index (χ4n) is 1.68. The van der Waals surface area contributed by atoms with Gasteiger partial charge in [-0.05, 0) is 36.2 Å². The van der Waals surface area contributed by atoms with Crippen molar-refractivity contribution in [3.63, 3.8) is 0 Å². The van der Waals surface area contributed by atoms with Crippen LogP contribution in [0.5, 0.6) is 0 Å². The van der Waals surface area contributed by atoms with Gasteiger partial charge in [0.2, 0.25) is 0 Å². The third kappa shape index (κ3) is 3.14. The summed E-state index contributed by atoms with van der Waals surface area (Å²) < 4.78 is 0. The number of hydrogen-bond donors (Lipinski definition) is 1. The van der Waals surface area contributed by atoms with E-state index < -0.39 is 5.97 Å². The molecule has 2 nitrogen and oxygen atoms in total. The maximum atomic E-state index is 10.8. The van der Waals surface area contributed by atoms with Crippen LogP contribution in [0.25, 0.3) is 0 Å². The lowest BCUT2D eigenvalue weighted by Crippen LogP contribution is -1.96. The molecule has 1 N–H and O–H groups in total. The molecule has 2 rings (SSSR count). The number of carboxylic acids is 1. The first kappa shape index (κ1) is 12.7. The summed E-state index contributed by atoms with van der Waals surface area (Å²) >= 11 is 1.73. The van der Waals surface area contributed by atoms with Crippen molar-refractivity contribution in [3.8, 4) is 0 Å². The average molecular weight is 258 g/mol. The van der Waals surface area contributed by atoms with Gasteiger partial charge in [-0.2, -0.15) is 0 Å². The second kappa shape index (κ2) is 5.74. The van der Waals surface area contributed by atoms with Crippen LogP contribution in [0, 0.1) is 6.92 Å². The van der Waals surface area contributed by atoms with Crippen molar-refractivity contribution in [2.45, 2.75) is 17.6 Å². The average Bonchev–Trinajstić information content (AvgIpc) is 2.38. The Morgan fingerprint density at radius 1 is 1.17 bits per heavy atom. The van der Waals surface area contributed by atoms with E-state index >= 15 is 0 Å². The molecule has 0 amide bonds. The number of thioether (sulfide) groups is 1. The zero-order valence-electron chi connectivity index (χ0n) is 10.1. The number of carbonyl (C=O) groups is 1. The normalized spacial score (nSPS) is 10.3. The van der Waals surface area contributed by atoms with Gasteiger partial charge in [-0.25, -0.2) is 4.79 Å². The number of hydrogen-bond acceptors (Lipinski definition) is 2.